The molecule has 0 saturated heterocycles. The molecule has 0 spiro atoms. The third-order valence-corrected chi connectivity index (χ3v) is 5.35. The van der Waals surface area contributed by atoms with Crippen LogP contribution in [0.25, 0.3) is 10.9 Å². The second kappa shape index (κ2) is 8.07. The van der Waals surface area contributed by atoms with Crippen LogP contribution in [0, 0.1) is 0 Å². The summed E-state index contributed by atoms with van der Waals surface area (Å²) in [4.78, 5) is 20.3. The smallest absolute Gasteiger partial charge is 0.251 e. The number of carbonyl (C=O) groups is 1. The van der Waals surface area contributed by atoms with Crippen LogP contribution >= 0.6 is 0 Å². The molecule has 4 rings (SSSR count). The number of fused-ring (bicyclic) bond motifs is 2. The van der Waals surface area contributed by atoms with Gasteiger partial charge in [-0.2, -0.15) is 0 Å². The van der Waals surface area contributed by atoms with Crippen LogP contribution in [-0.2, 0) is 10.3 Å². The Balaban J connectivity index is 1.62. The predicted molar refractivity (Wildman–Crippen MR) is 123 cm³/mol. The van der Waals surface area contributed by atoms with Crippen LogP contribution in [0.15, 0.2) is 47.5 Å². The van der Waals surface area contributed by atoms with Crippen molar-refractivity contribution >= 4 is 28.3 Å². The van der Waals surface area contributed by atoms with E-state index in [9.17, 15) is 9.90 Å². The van der Waals surface area contributed by atoms with Gasteiger partial charge < -0.3 is 25.5 Å². The SMILES string of the molecule is CC(C)OCCNC(=O)c1ccc2c(C3=NC(C)(C)c4ccccc4N3)c(O)[nH]c2c1. The van der Waals surface area contributed by atoms with Crippen molar-refractivity contribution in [3.63, 3.8) is 0 Å². The third kappa shape index (κ3) is 4.14. The van der Waals surface area contributed by atoms with Gasteiger partial charge in [0.1, 0.15) is 5.84 Å². The molecule has 0 unspecified atom stereocenters. The Morgan fingerprint density at radius 1 is 1.23 bits per heavy atom. The molecule has 3 aromatic rings. The molecule has 1 aliphatic heterocycles. The van der Waals surface area contributed by atoms with Crippen molar-refractivity contribution in [3.8, 4) is 5.88 Å². The average Bonchev–Trinajstić information content (AvgIpc) is 3.05. The van der Waals surface area contributed by atoms with Gasteiger partial charge in [0.15, 0.2) is 0 Å². The number of hydrogen-bond donors (Lipinski definition) is 4. The lowest BCUT2D eigenvalue weighted by Crippen LogP contribution is -2.29. The number of para-hydroxylation sites is 1. The molecule has 0 fully saturated rings. The number of amidine groups is 1. The van der Waals surface area contributed by atoms with E-state index in [1.54, 1.807) is 12.1 Å². The van der Waals surface area contributed by atoms with Crippen molar-refractivity contribution in [1.82, 2.24) is 10.3 Å². The van der Waals surface area contributed by atoms with Crippen molar-refractivity contribution in [2.45, 2.75) is 39.3 Å². The summed E-state index contributed by atoms with van der Waals surface area (Å²) in [6.07, 6.45) is 0.127. The molecule has 0 radical (unpaired) electrons. The number of anilines is 1. The highest BCUT2D eigenvalue weighted by Crippen LogP contribution is 2.38. The summed E-state index contributed by atoms with van der Waals surface area (Å²) < 4.78 is 5.45. The monoisotopic (exact) mass is 420 g/mol. The van der Waals surface area contributed by atoms with E-state index in [4.69, 9.17) is 9.73 Å². The molecule has 2 aromatic carbocycles. The van der Waals surface area contributed by atoms with E-state index in [0.29, 0.717) is 35.6 Å². The molecule has 0 aliphatic carbocycles. The molecule has 1 amide bonds. The number of aromatic nitrogens is 1. The molecule has 4 N–H and O–H groups in total. The summed E-state index contributed by atoms with van der Waals surface area (Å²) in [7, 11) is 0. The molecule has 0 atom stereocenters. The van der Waals surface area contributed by atoms with Crippen molar-refractivity contribution in [2.24, 2.45) is 4.99 Å². The quantitative estimate of drug-likeness (QED) is 0.451. The Morgan fingerprint density at radius 2 is 2.00 bits per heavy atom. The molecule has 7 nitrogen and oxygen atoms in total. The number of aromatic amines is 1. The number of aliphatic imine (C=N–C) groups is 1. The maximum absolute atomic E-state index is 12.5. The summed E-state index contributed by atoms with van der Waals surface area (Å²) >= 11 is 0. The van der Waals surface area contributed by atoms with E-state index in [2.05, 4.69) is 21.7 Å². The van der Waals surface area contributed by atoms with Gasteiger partial charge in [-0.1, -0.05) is 24.3 Å². The van der Waals surface area contributed by atoms with Crippen molar-refractivity contribution in [2.75, 3.05) is 18.5 Å². The van der Waals surface area contributed by atoms with Gasteiger partial charge in [-0.15, -0.1) is 0 Å². The summed E-state index contributed by atoms with van der Waals surface area (Å²) in [6.45, 7) is 8.90. The summed E-state index contributed by atoms with van der Waals surface area (Å²) in [5.74, 6) is 0.419. The molecular weight excluding hydrogens is 392 g/mol. The lowest BCUT2D eigenvalue weighted by molar-refractivity contribution is 0.0746. The van der Waals surface area contributed by atoms with E-state index in [0.717, 1.165) is 16.6 Å². The van der Waals surface area contributed by atoms with E-state index >= 15 is 0 Å². The number of carbonyl (C=O) groups excluding carboxylic acids is 1. The Hall–Kier alpha value is -3.32. The molecule has 2 heterocycles. The molecule has 7 heteroatoms. The first kappa shape index (κ1) is 20.9. The largest absolute Gasteiger partial charge is 0.494 e. The lowest BCUT2D eigenvalue weighted by atomic mass is 9.91. The first-order valence-corrected chi connectivity index (χ1v) is 10.5. The molecule has 0 saturated carbocycles. The van der Waals surface area contributed by atoms with Crippen LogP contribution in [0.2, 0.25) is 0 Å². The molecule has 1 aromatic heterocycles. The summed E-state index contributed by atoms with van der Waals surface area (Å²) in [5, 5.41) is 17.7. The molecule has 162 valence electrons. The first-order valence-electron chi connectivity index (χ1n) is 10.5. The number of H-pyrrole nitrogens is 1. The van der Waals surface area contributed by atoms with Crippen molar-refractivity contribution in [3.05, 3.63) is 59.2 Å². The minimum absolute atomic E-state index is 0.0133. The number of nitrogens with zero attached hydrogens (tertiary/aromatic N) is 1. The molecule has 31 heavy (non-hydrogen) atoms. The Labute approximate surface area is 181 Å². The zero-order valence-electron chi connectivity index (χ0n) is 18.2. The highest BCUT2D eigenvalue weighted by Gasteiger charge is 2.30. The molecular formula is C24H28N4O3. The second-order valence-corrected chi connectivity index (χ2v) is 8.47. The Kier molecular flexibility index (Phi) is 5.45. The van der Waals surface area contributed by atoms with Crippen LogP contribution < -0.4 is 10.6 Å². The molecule has 0 bridgehead atoms. The first-order chi connectivity index (χ1) is 14.8. The lowest BCUT2D eigenvalue weighted by Gasteiger charge is -2.30. The topological polar surface area (TPSA) is 98.7 Å². The number of aromatic hydroxyl groups is 1. The van der Waals surface area contributed by atoms with Crippen LogP contribution in [0.4, 0.5) is 5.69 Å². The number of ether oxygens (including phenoxy) is 1. The maximum atomic E-state index is 12.5. The number of hydrogen-bond acceptors (Lipinski definition) is 5. The van der Waals surface area contributed by atoms with E-state index in [1.807, 2.05) is 52.0 Å². The zero-order valence-corrected chi connectivity index (χ0v) is 18.2. The highest BCUT2D eigenvalue weighted by atomic mass is 16.5. The van der Waals surface area contributed by atoms with Gasteiger partial charge in [-0.3, -0.25) is 9.79 Å². The fraction of sp³-hybridized carbons (Fsp3) is 0.333. The Bertz CT molecular complexity index is 1160. The normalized spacial score (nSPS) is 14.8. The number of amides is 1. The predicted octanol–water partition coefficient (Wildman–Crippen LogP) is 4.14. The summed E-state index contributed by atoms with van der Waals surface area (Å²) in [5.41, 5.74) is 3.39. The van der Waals surface area contributed by atoms with Gasteiger partial charge in [0.2, 0.25) is 5.88 Å². The fourth-order valence-electron chi connectivity index (χ4n) is 3.86. The van der Waals surface area contributed by atoms with Crippen LogP contribution in [-0.4, -0.2) is 41.1 Å². The van der Waals surface area contributed by atoms with Gasteiger partial charge in [-0.05, 0) is 45.9 Å². The van der Waals surface area contributed by atoms with Crippen LogP contribution in [0.5, 0.6) is 5.88 Å². The van der Waals surface area contributed by atoms with Gasteiger partial charge in [0.05, 0.1) is 23.8 Å². The summed E-state index contributed by atoms with van der Waals surface area (Å²) in [6, 6.07) is 13.3. The number of benzene rings is 2. The van der Waals surface area contributed by atoms with Crippen molar-refractivity contribution in [1.29, 1.82) is 0 Å². The average molecular weight is 421 g/mol. The van der Waals surface area contributed by atoms with Crippen molar-refractivity contribution < 1.29 is 14.6 Å². The van der Waals surface area contributed by atoms with Gasteiger partial charge >= 0.3 is 0 Å². The number of rotatable bonds is 6. The van der Waals surface area contributed by atoms with E-state index in [1.165, 1.54) is 0 Å². The number of nitrogens with one attached hydrogen (secondary N) is 3. The fourth-order valence-corrected chi connectivity index (χ4v) is 3.86. The minimum Gasteiger partial charge on any atom is -0.494 e. The third-order valence-electron chi connectivity index (χ3n) is 5.35. The Morgan fingerprint density at radius 3 is 2.77 bits per heavy atom. The zero-order chi connectivity index (χ0) is 22.2. The maximum Gasteiger partial charge on any atom is 0.251 e. The van der Waals surface area contributed by atoms with E-state index in [-0.39, 0.29) is 17.9 Å². The molecule has 1 aliphatic rings. The van der Waals surface area contributed by atoms with E-state index < -0.39 is 5.54 Å². The van der Waals surface area contributed by atoms with Gasteiger partial charge in [0, 0.05) is 34.3 Å². The van der Waals surface area contributed by atoms with Gasteiger partial charge in [-0.25, -0.2) is 0 Å². The second-order valence-electron chi connectivity index (χ2n) is 8.47. The van der Waals surface area contributed by atoms with Crippen LogP contribution in [0.3, 0.4) is 0 Å². The minimum atomic E-state index is -0.439. The van der Waals surface area contributed by atoms with Gasteiger partial charge in [0.25, 0.3) is 5.91 Å². The highest BCUT2D eigenvalue weighted by molar-refractivity contribution is 6.19. The van der Waals surface area contributed by atoms with Crippen LogP contribution in [0.1, 0.15) is 49.2 Å². The standard InChI is InChI=1S/C24H28N4O3/c1-14(2)31-12-11-25-22(29)15-9-10-16-19(13-15)27-23(30)20(16)21-26-18-8-6-5-7-17(18)24(3,4)28-21/h5-10,13-14,27,30H,11-12H2,1-4H3,(H,25,29)(H,26,28).